The van der Waals surface area contributed by atoms with E-state index >= 15 is 0 Å². The van der Waals surface area contributed by atoms with Crippen molar-refractivity contribution < 1.29 is 0 Å². The number of pyridine rings is 1. The van der Waals surface area contributed by atoms with Crippen LogP contribution in [0.2, 0.25) is 5.28 Å². The lowest BCUT2D eigenvalue weighted by molar-refractivity contribution is 0.550. The number of fused-ring (bicyclic) bond motifs is 1. The molecule has 2 aromatic heterocycles. The lowest BCUT2D eigenvalue weighted by Gasteiger charge is -2.24. The zero-order chi connectivity index (χ0) is 16.1. The second-order valence-electron chi connectivity index (χ2n) is 6.86. The second-order valence-corrected chi connectivity index (χ2v) is 7.20. The van der Waals surface area contributed by atoms with Crippen molar-refractivity contribution in [3.05, 3.63) is 40.6 Å². The van der Waals surface area contributed by atoms with Crippen LogP contribution in [-0.2, 0) is 5.41 Å². The Morgan fingerprint density at radius 1 is 1.23 bits per heavy atom. The van der Waals surface area contributed by atoms with E-state index < -0.39 is 0 Å². The summed E-state index contributed by atoms with van der Waals surface area (Å²) in [5.74, 6) is 1.23. The molecule has 5 heteroatoms. The molecule has 116 valence electrons. The zero-order valence-electron chi connectivity index (χ0n) is 13.7. The molecule has 3 heterocycles. The molecule has 0 aliphatic carbocycles. The van der Waals surface area contributed by atoms with Gasteiger partial charge in [-0.2, -0.15) is 4.98 Å². The summed E-state index contributed by atoms with van der Waals surface area (Å²) in [7, 11) is 0. The molecule has 0 fully saturated rings. The molecule has 0 spiro atoms. The average molecular weight is 317 g/mol. The third kappa shape index (κ3) is 2.45. The number of hydrogen-bond donors (Lipinski definition) is 0. The van der Waals surface area contributed by atoms with E-state index in [1.54, 1.807) is 0 Å². The van der Waals surface area contributed by atoms with Crippen molar-refractivity contribution in [2.75, 3.05) is 11.4 Å². The smallest absolute Gasteiger partial charge is 0.224 e. The van der Waals surface area contributed by atoms with Crippen molar-refractivity contribution in [2.24, 2.45) is 0 Å². The molecule has 0 unspecified atom stereocenters. The van der Waals surface area contributed by atoms with Crippen molar-refractivity contribution in [3.63, 3.8) is 0 Å². The molecule has 1 aliphatic rings. The number of nitrogens with zero attached hydrogens (tertiary/aromatic N) is 4. The summed E-state index contributed by atoms with van der Waals surface area (Å²) >= 11 is 6.06. The Labute approximate surface area is 136 Å². The van der Waals surface area contributed by atoms with E-state index in [1.807, 2.05) is 19.2 Å². The lowest BCUT2D eigenvalue weighted by Crippen LogP contribution is -2.27. The molecule has 0 amide bonds. The summed E-state index contributed by atoms with van der Waals surface area (Å²) in [5, 5.41) is 0.283. The Kier molecular flexibility index (Phi) is 3.60. The third-order valence-electron chi connectivity index (χ3n) is 4.14. The molecular weight excluding hydrogens is 296 g/mol. The molecule has 0 aromatic carbocycles. The van der Waals surface area contributed by atoms with E-state index in [0.717, 1.165) is 35.0 Å². The lowest BCUT2D eigenvalue weighted by atomic mass is 9.91. The summed E-state index contributed by atoms with van der Waals surface area (Å²) < 4.78 is 0. The van der Waals surface area contributed by atoms with Crippen LogP contribution in [0.5, 0.6) is 0 Å². The molecule has 0 saturated heterocycles. The van der Waals surface area contributed by atoms with Crippen LogP contribution in [-0.4, -0.2) is 21.5 Å². The normalized spacial score (nSPS) is 16.2. The highest BCUT2D eigenvalue weighted by atomic mass is 35.5. The van der Waals surface area contributed by atoms with Crippen molar-refractivity contribution in [1.82, 2.24) is 15.0 Å². The molecule has 22 heavy (non-hydrogen) atoms. The molecule has 0 atom stereocenters. The summed E-state index contributed by atoms with van der Waals surface area (Å²) in [6, 6.07) is 4.18. The Balaban J connectivity index is 2.18. The molecule has 0 saturated carbocycles. The van der Waals surface area contributed by atoms with E-state index in [2.05, 4.69) is 48.6 Å². The van der Waals surface area contributed by atoms with Crippen molar-refractivity contribution >= 4 is 23.1 Å². The minimum absolute atomic E-state index is 0.0208. The fourth-order valence-electron chi connectivity index (χ4n) is 2.99. The van der Waals surface area contributed by atoms with Gasteiger partial charge >= 0.3 is 0 Å². The van der Waals surface area contributed by atoms with Gasteiger partial charge in [-0.05, 0) is 36.6 Å². The molecule has 2 aromatic rings. The maximum Gasteiger partial charge on any atom is 0.224 e. The first-order valence-corrected chi connectivity index (χ1v) is 7.95. The van der Waals surface area contributed by atoms with Gasteiger partial charge in [0.1, 0.15) is 5.82 Å². The topological polar surface area (TPSA) is 41.9 Å². The number of halogens is 1. The van der Waals surface area contributed by atoms with Gasteiger partial charge in [0, 0.05) is 29.4 Å². The van der Waals surface area contributed by atoms with Gasteiger partial charge < -0.3 is 4.90 Å². The zero-order valence-corrected chi connectivity index (χ0v) is 14.4. The highest BCUT2D eigenvalue weighted by Gasteiger charge is 2.38. The van der Waals surface area contributed by atoms with E-state index in [4.69, 9.17) is 16.6 Å². The molecule has 1 aliphatic heterocycles. The van der Waals surface area contributed by atoms with Crippen LogP contribution in [0.15, 0.2) is 18.3 Å². The first kappa shape index (κ1) is 15.2. The molecule has 4 nitrogen and oxygen atoms in total. The van der Waals surface area contributed by atoms with Crippen LogP contribution in [0.3, 0.4) is 0 Å². The van der Waals surface area contributed by atoms with Gasteiger partial charge in [0.15, 0.2) is 0 Å². The minimum atomic E-state index is -0.0208. The Bertz CT molecular complexity index is 725. The van der Waals surface area contributed by atoms with Crippen LogP contribution in [0, 0.1) is 6.92 Å². The van der Waals surface area contributed by atoms with Crippen LogP contribution in [0.4, 0.5) is 11.5 Å². The van der Waals surface area contributed by atoms with Crippen LogP contribution in [0.25, 0.3) is 0 Å². The maximum absolute atomic E-state index is 6.06. The predicted octanol–water partition coefficient (Wildman–Crippen LogP) is 4.39. The van der Waals surface area contributed by atoms with Gasteiger partial charge in [0.25, 0.3) is 0 Å². The minimum Gasteiger partial charge on any atom is -0.323 e. The standard InChI is InChI=1S/C17H21ClN4/c1-10(2)12-8-19-16(18)21-15(12)22-9-17(4,5)14-13(22)7-6-11(3)20-14/h6-8,10H,9H2,1-5H3. The summed E-state index contributed by atoms with van der Waals surface area (Å²) in [6.07, 6.45) is 1.84. The third-order valence-corrected chi connectivity index (χ3v) is 4.32. The van der Waals surface area contributed by atoms with Gasteiger partial charge in [-0.15, -0.1) is 0 Å². The fourth-order valence-corrected chi connectivity index (χ4v) is 3.12. The van der Waals surface area contributed by atoms with Crippen molar-refractivity contribution in [3.8, 4) is 0 Å². The Morgan fingerprint density at radius 2 is 1.95 bits per heavy atom. The van der Waals surface area contributed by atoms with Crippen LogP contribution < -0.4 is 4.90 Å². The van der Waals surface area contributed by atoms with E-state index in [-0.39, 0.29) is 10.7 Å². The molecule has 3 rings (SSSR count). The average Bonchev–Trinajstić information content (AvgIpc) is 2.70. The molecular formula is C17H21ClN4. The van der Waals surface area contributed by atoms with Gasteiger partial charge in [-0.1, -0.05) is 27.7 Å². The Morgan fingerprint density at radius 3 is 2.64 bits per heavy atom. The number of aromatic nitrogens is 3. The largest absolute Gasteiger partial charge is 0.323 e. The maximum atomic E-state index is 6.06. The Hall–Kier alpha value is -1.68. The van der Waals surface area contributed by atoms with Gasteiger partial charge in [0.05, 0.1) is 11.4 Å². The summed E-state index contributed by atoms with van der Waals surface area (Å²) in [5.41, 5.74) is 4.36. The van der Waals surface area contributed by atoms with Gasteiger partial charge in [0.2, 0.25) is 5.28 Å². The fraction of sp³-hybridized carbons (Fsp3) is 0.471. The van der Waals surface area contributed by atoms with E-state index in [1.165, 1.54) is 0 Å². The van der Waals surface area contributed by atoms with Crippen LogP contribution in [0.1, 0.15) is 50.6 Å². The van der Waals surface area contributed by atoms with Crippen molar-refractivity contribution in [1.29, 1.82) is 0 Å². The second kappa shape index (κ2) is 5.20. The molecule has 0 bridgehead atoms. The number of rotatable bonds is 2. The summed E-state index contributed by atoms with van der Waals surface area (Å²) in [4.78, 5) is 15.7. The molecule has 0 radical (unpaired) electrons. The van der Waals surface area contributed by atoms with Gasteiger partial charge in [-0.3, -0.25) is 4.98 Å². The quantitative estimate of drug-likeness (QED) is 0.771. The highest BCUT2D eigenvalue weighted by Crippen LogP contribution is 2.44. The van der Waals surface area contributed by atoms with E-state index in [0.29, 0.717) is 5.92 Å². The SMILES string of the molecule is Cc1ccc2c(n1)C(C)(C)CN2c1nc(Cl)ncc1C(C)C. The van der Waals surface area contributed by atoms with Crippen molar-refractivity contribution in [2.45, 2.75) is 46.0 Å². The first-order valence-electron chi connectivity index (χ1n) is 7.57. The highest BCUT2D eigenvalue weighted by molar-refractivity contribution is 6.28. The number of hydrogen-bond acceptors (Lipinski definition) is 4. The van der Waals surface area contributed by atoms with Crippen LogP contribution >= 0.6 is 11.6 Å². The monoisotopic (exact) mass is 316 g/mol. The summed E-state index contributed by atoms with van der Waals surface area (Å²) in [6.45, 7) is 11.6. The first-order chi connectivity index (χ1) is 10.3. The predicted molar refractivity (Wildman–Crippen MR) is 90.1 cm³/mol. The molecule has 0 N–H and O–H groups in total. The van der Waals surface area contributed by atoms with E-state index in [9.17, 15) is 0 Å². The number of anilines is 2. The van der Waals surface area contributed by atoms with Gasteiger partial charge in [-0.25, -0.2) is 4.98 Å². The number of aryl methyl sites for hydroxylation is 1.